The van der Waals surface area contributed by atoms with Crippen molar-refractivity contribution >= 4 is 43.7 Å². The van der Waals surface area contributed by atoms with E-state index in [0.717, 1.165) is 5.56 Å². The molecule has 4 aromatic carbocycles. The summed E-state index contributed by atoms with van der Waals surface area (Å²) in [6.45, 7) is 0. The van der Waals surface area contributed by atoms with Gasteiger partial charge in [0.1, 0.15) is 17.1 Å². The normalized spacial score (nSPS) is 17.6. The zero-order chi connectivity index (χ0) is 34.3. The molecule has 2 atom stereocenters. The van der Waals surface area contributed by atoms with E-state index in [0.29, 0.717) is 27.7 Å². The predicted molar refractivity (Wildman–Crippen MR) is 170 cm³/mol. The van der Waals surface area contributed by atoms with Gasteiger partial charge in [-0.15, -0.1) is 10.8 Å². The molecule has 1 amide bonds. The Balaban J connectivity index is 1.42. The number of carbonyl (C=O) groups is 2. The molecule has 5 aromatic rings. The minimum absolute atomic E-state index is 0.0160. The first-order chi connectivity index (χ1) is 22.7. The molecule has 0 radical (unpaired) electrons. The number of fused-ring (bicyclic) bond motifs is 1. The Kier molecular flexibility index (Phi) is 8.78. The lowest BCUT2D eigenvalue weighted by molar-refractivity contribution is -0.227. The number of para-hydroxylation sites is 2. The summed E-state index contributed by atoms with van der Waals surface area (Å²) in [5.41, 5.74) is 2.98. The summed E-state index contributed by atoms with van der Waals surface area (Å²) in [5, 5.41) is -0.936. The quantitative estimate of drug-likeness (QED) is 0.128. The molecule has 2 heterocycles. The minimum atomic E-state index is -5.54. The second-order valence-corrected chi connectivity index (χ2v) is 14.7. The van der Waals surface area contributed by atoms with Crippen molar-refractivity contribution in [2.45, 2.75) is 35.2 Å². The van der Waals surface area contributed by atoms with Gasteiger partial charge in [-0.1, -0.05) is 78.9 Å². The predicted octanol–water partition coefficient (Wildman–Crippen LogP) is 6.45. The third-order valence-electron chi connectivity index (χ3n) is 7.69. The fraction of sp³-hybridized carbons (Fsp3) is 0.156. The van der Waals surface area contributed by atoms with Crippen LogP contribution in [0.15, 0.2) is 108 Å². The molecule has 1 saturated heterocycles. The number of amides is 1. The summed E-state index contributed by atoms with van der Waals surface area (Å²) in [4.78, 5) is 35.7. The summed E-state index contributed by atoms with van der Waals surface area (Å²) in [6.07, 6.45) is -6.06. The van der Waals surface area contributed by atoms with Gasteiger partial charge in [0.15, 0.2) is 0 Å². The van der Waals surface area contributed by atoms with Crippen molar-refractivity contribution in [2.75, 3.05) is 0 Å². The van der Waals surface area contributed by atoms with Gasteiger partial charge in [0.2, 0.25) is 5.91 Å². The van der Waals surface area contributed by atoms with Crippen molar-refractivity contribution in [3.63, 3.8) is 0 Å². The Morgan fingerprint density at radius 2 is 1.56 bits per heavy atom. The molecule has 48 heavy (non-hydrogen) atoms. The van der Waals surface area contributed by atoms with Crippen LogP contribution in [0, 0.1) is 0 Å². The molecule has 0 saturated carbocycles. The van der Waals surface area contributed by atoms with Gasteiger partial charge in [-0.25, -0.2) is 18.2 Å². The highest BCUT2D eigenvalue weighted by molar-refractivity contribution is 8.23. The van der Waals surface area contributed by atoms with E-state index in [-0.39, 0.29) is 23.1 Å². The summed E-state index contributed by atoms with van der Waals surface area (Å²) in [6, 6.07) is 25.3. The van der Waals surface area contributed by atoms with E-state index in [9.17, 15) is 40.3 Å². The van der Waals surface area contributed by atoms with Gasteiger partial charge in [0.25, 0.3) is 10.0 Å². The first-order valence-electron chi connectivity index (χ1n) is 14.3. The second-order valence-electron chi connectivity index (χ2n) is 10.9. The molecule has 1 aliphatic heterocycles. The molecular formula is C32H27F3N4O7S2. The Morgan fingerprint density at radius 3 is 2.17 bits per heavy atom. The maximum absolute atomic E-state index is 14.1. The number of hydroxylamine groups is 1. The number of rotatable bonds is 9. The number of imidazole rings is 1. The van der Waals surface area contributed by atoms with Crippen LogP contribution >= 0.6 is 10.8 Å². The lowest BCUT2D eigenvalue weighted by Crippen LogP contribution is -2.42. The van der Waals surface area contributed by atoms with E-state index in [1.165, 1.54) is 48.5 Å². The van der Waals surface area contributed by atoms with Crippen LogP contribution in [-0.2, 0) is 30.9 Å². The van der Waals surface area contributed by atoms with Crippen molar-refractivity contribution in [3.8, 4) is 11.1 Å². The number of carbonyl (C=O) groups excluding carboxylic acids is 2. The highest BCUT2D eigenvalue weighted by atomic mass is 32.3. The van der Waals surface area contributed by atoms with Crippen LogP contribution in [0.4, 0.5) is 13.2 Å². The van der Waals surface area contributed by atoms with Crippen LogP contribution in [-0.4, -0.2) is 50.0 Å². The first-order valence-corrected chi connectivity index (χ1v) is 17.4. The van der Waals surface area contributed by atoms with Crippen LogP contribution in [0.5, 0.6) is 0 Å². The van der Waals surface area contributed by atoms with Crippen LogP contribution in [0.2, 0.25) is 0 Å². The molecular weight excluding hydrogens is 674 g/mol. The molecule has 0 bridgehead atoms. The number of halogens is 3. The number of hydrogen-bond acceptors (Lipinski definition) is 8. The number of sulfonamides is 1. The highest BCUT2D eigenvalue weighted by Gasteiger charge is 2.47. The molecule has 0 aliphatic carbocycles. The van der Waals surface area contributed by atoms with E-state index < -0.39 is 55.0 Å². The Bertz CT molecular complexity index is 2040. The summed E-state index contributed by atoms with van der Waals surface area (Å²) in [5.74, 6) is -3.41. The van der Waals surface area contributed by atoms with E-state index >= 15 is 0 Å². The third kappa shape index (κ3) is 6.79. The van der Waals surface area contributed by atoms with E-state index in [4.69, 9.17) is 4.84 Å². The molecule has 0 spiro atoms. The van der Waals surface area contributed by atoms with Gasteiger partial charge in [0, 0.05) is 0 Å². The number of nitrogens with one attached hydrogen (secondary N) is 2. The van der Waals surface area contributed by atoms with Crippen molar-refractivity contribution < 1.29 is 45.1 Å². The number of nitrogens with zero attached hydrogens (tertiary/aromatic N) is 2. The molecule has 250 valence electrons. The molecule has 1 fully saturated rings. The Labute approximate surface area is 273 Å². The fourth-order valence-corrected chi connectivity index (χ4v) is 8.18. The largest absolute Gasteiger partial charge is 0.492 e. The zero-order valence-corrected chi connectivity index (χ0v) is 26.3. The number of H-pyrrole nitrogens is 1. The van der Waals surface area contributed by atoms with Gasteiger partial charge >= 0.3 is 12.1 Å². The number of alkyl halides is 3. The number of benzene rings is 4. The van der Waals surface area contributed by atoms with Gasteiger partial charge in [-0.2, -0.15) is 13.2 Å². The van der Waals surface area contributed by atoms with E-state index in [2.05, 4.69) is 14.7 Å². The van der Waals surface area contributed by atoms with Crippen molar-refractivity contribution in [1.29, 1.82) is 0 Å². The summed E-state index contributed by atoms with van der Waals surface area (Å²) < 4.78 is 91.8. The van der Waals surface area contributed by atoms with Crippen molar-refractivity contribution in [2.24, 2.45) is 0 Å². The summed E-state index contributed by atoms with van der Waals surface area (Å²) >= 11 is 0. The van der Waals surface area contributed by atoms with Gasteiger partial charge in [-0.3, -0.25) is 18.6 Å². The molecule has 11 nitrogen and oxygen atoms in total. The second kappa shape index (κ2) is 12.7. The molecule has 1 unspecified atom stereocenters. The topological polar surface area (TPSA) is 162 Å². The SMILES string of the molecule is O=C1CC(c2ccc(C[C@@H](c3nc4ccccc4[nH]3)N(OC(=O)C(F)(F)F)S(=O)(=O)c3ccc(-c4ccccc4)cc3)cc2)S(O)(O)N1. The van der Waals surface area contributed by atoms with Gasteiger partial charge in [-0.05, 0) is 57.4 Å². The van der Waals surface area contributed by atoms with Gasteiger partial charge < -0.3 is 9.82 Å². The first kappa shape index (κ1) is 33.2. The van der Waals surface area contributed by atoms with E-state index in [1.54, 1.807) is 54.6 Å². The maximum Gasteiger partial charge on any atom is 0.492 e. The Hall–Kier alpha value is -4.74. The Morgan fingerprint density at radius 1 is 0.938 bits per heavy atom. The lowest BCUT2D eigenvalue weighted by atomic mass is 10.0. The molecule has 1 aliphatic rings. The molecule has 1 aromatic heterocycles. The van der Waals surface area contributed by atoms with Crippen molar-refractivity contribution in [1.82, 2.24) is 19.2 Å². The minimum Gasteiger partial charge on any atom is -0.344 e. The third-order valence-corrected chi connectivity index (χ3v) is 11.1. The maximum atomic E-state index is 14.1. The smallest absolute Gasteiger partial charge is 0.344 e. The standard InChI is InChI=1S/C32H27F3N4O7S2/c33-32(34,35)31(41)46-39(48(44,45)24-16-14-22(15-17-24)21-6-2-1-3-7-21)27(30-36-25-8-4-5-9-26(25)37-30)18-20-10-12-23(13-11-20)28-19-29(40)38-47(28,42)43/h1-17,27-28,42-43H,18-19H2,(H,36,37)(H,38,40)/t27-,28?/m0/s1. The van der Waals surface area contributed by atoms with E-state index in [1.807, 2.05) is 0 Å². The average molecular weight is 701 g/mol. The molecule has 16 heteroatoms. The van der Waals surface area contributed by atoms with Gasteiger partial charge in [0.05, 0.1) is 22.3 Å². The van der Waals surface area contributed by atoms with Crippen LogP contribution in [0.3, 0.4) is 0 Å². The van der Waals surface area contributed by atoms with Crippen molar-refractivity contribution in [3.05, 3.63) is 120 Å². The average Bonchev–Trinajstić information content (AvgIpc) is 3.61. The number of aromatic nitrogens is 2. The number of hydrogen-bond donors (Lipinski definition) is 4. The van der Waals surface area contributed by atoms with Crippen LogP contribution in [0.1, 0.15) is 34.7 Å². The zero-order valence-electron chi connectivity index (χ0n) is 24.7. The monoisotopic (exact) mass is 700 g/mol. The summed E-state index contributed by atoms with van der Waals surface area (Å²) in [7, 11) is -8.44. The molecule has 4 N–H and O–H groups in total. The molecule has 6 rings (SSSR count). The highest BCUT2D eigenvalue weighted by Crippen LogP contribution is 2.56. The van der Waals surface area contributed by atoms with Crippen LogP contribution in [0.25, 0.3) is 22.2 Å². The van der Waals surface area contributed by atoms with Crippen LogP contribution < -0.4 is 4.72 Å². The number of aromatic amines is 1. The fourth-order valence-electron chi connectivity index (χ4n) is 5.33. The lowest BCUT2D eigenvalue weighted by Gasteiger charge is -2.33.